The Bertz CT molecular complexity index is 1110. The molecule has 0 aromatic rings. The Labute approximate surface area is 453 Å². The second-order valence-electron chi connectivity index (χ2n) is 23.3. The number of amides is 1. The molecule has 6 N–H and O–H groups in total. The number of aliphatic hydroxyl groups excluding tert-OH is 5. The molecule has 0 bridgehead atoms. The number of aliphatic hydroxyl groups is 5. The van der Waals surface area contributed by atoms with E-state index >= 15 is 0 Å². The van der Waals surface area contributed by atoms with Crippen molar-refractivity contribution < 1.29 is 39.8 Å². The molecule has 1 fully saturated rings. The van der Waals surface area contributed by atoms with Crippen molar-refractivity contribution >= 4 is 5.91 Å². The zero-order chi connectivity index (χ0) is 52.9. The van der Waals surface area contributed by atoms with Crippen LogP contribution in [0.2, 0.25) is 0 Å². The first-order valence-electron chi connectivity index (χ1n) is 32.7. The van der Waals surface area contributed by atoms with Gasteiger partial charge in [0.15, 0.2) is 6.29 Å². The molecule has 0 saturated carbocycles. The van der Waals surface area contributed by atoms with Gasteiger partial charge in [0, 0.05) is 6.42 Å². The molecular formula is C64H127NO8. The molecule has 9 nitrogen and oxygen atoms in total. The van der Waals surface area contributed by atoms with E-state index < -0.39 is 49.5 Å². The zero-order valence-corrected chi connectivity index (χ0v) is 48.7. The average molecular weight is 1040 g/mol. The summed E-state index contributed by atoms with van der Waals surface area (Å²) in [7, 11) is 0. The molecule has 1 rings (SSSR count). The van der Waals surface area contributed by atoms with Crippen molar-refractivity contribution in [2.24, 2.45) is 0 Å². The molecule has 0 aromatic carbocycles. The first kappa shape index (κ1) is 70.2. The Kier molecular flexibility index (Phi) is 52.5. The lowest BCUT2D eigenvalue weighted by Crippen LogP contribution is -2.60. The number of nitrogens with one attached hydrogen (secondary N) is 1. The van der Waals surface area contributed by atoms with Crippen LogP contribution in [0.4, 0.5) is 0 Å². The molecule has 0 spiro atoms. The van der Waals surface area contributed by atoms with Gasteiger partial charge in [-0.25, -0.2) is 0 Å². The number of carbonyl (C=O) groups excluding carboxylic acids is 1. The maximum atomic E-state index is 13.1. The Hall–Kier alpha value is -0.810. The summed E-state index contributed by atoms with van der Waals surface area (Å²) in [5.41, 5.74) is 0. The van der Waals surface area contributed by atoms with E-state index in [0.29, 0.717) is 12.8 Å². The normalized spacial score (nSPS) is 18.9. The van der Waals surface area contributed by atoms with E-state index in [-0.39, 0.29) is 12.5 Å². The van der Waals surface area contributed by atoms with Crippen LogP contribution in [0.5, 0.6) is 0 Å². The van der Waals surface area contributed by atoms with Gasteiger partial charge in [-0.1, -0.05) is 328 Å². The van der Waals surface area contributed by atoms with Crippen LogP contribution in [0, 0.1) is 0 Å². The molecule has 9 heteroatoms. The van der Waals surface area contributed by atoms with E-state index in [1.165, 1.54) is 283 Å². The number of rotatable bonds is 58. The van der Waals surface area contributed by atoms with Crippen LogP contribution in [0.15, 0.2) is 0 Å². The molecule has 1 aliphatic heterocycles. The topological polar surface area (TPSA) is 149 Å². The van der Waals surface area contributed by atoms with Crippen molar-refractivity contribution in [1.29, 1.82) is 0 Å². The third-order valence-electron chi connectivity index (χ3n) is 16.2. The van der Waals surface area contributed by atoms with Gasteiger partial charge in [-0.05, 0) is 12.8 Å². The molecule has 0 aromatic heterocycles. The second-order valence-corrected chi connectivity index (χ2v) is 23.3. The molecule has 7 atom stereocenters. The lowest BCUT2D eigenvalue weighted by atomic mass is 9.99. The standard InChI is InChI=1S/C64H127NO8/c1-3-5-7-9-11-13-15-17-19-21-23-25-27-28-29-30-31-32-33-35-37-39-41-43-45-47-49-51-53-58(67)57(56-72-64-63(71)62(70)61(69)59(55-66)73-64)65-60(68)54-52-50-48-46-44-42-40-38-36-34-26-24-22-20-18-16-14-12-10-8-6-4-2/h57-59,61-64,66-67,69-71H,3-56H2,1-2H3,(H,65,68). The van der Waals surface area contributed by atoms with Crippen molar-refractivity contribution in [3.05, 3.63) is 0 Å². The van der Waals surface area contributed by atoms with Gasteiger partial charge in [0.05, 0.1) is 25.4 Å². The first-order valence-corrected chi connectivity index (χ1v) is 32.7. The van der Waals surface area contributed by atoms with Crippen molar-refractivity contribution in [3.63, 3.8) is 0 Å². The van der Waals surface area contributed by atoms with Gasteiger partial charge in [-0.15, -0.1) is 0 Å². The predicted octanol–water partition coefficient (Wildman–Crippen LogP) is 17.0. The molecule has 436 valence electrons. The van der Waals surface area contributed by atoms with Gasteiger partial charge in [-0.2, -0.15) is 0 Å². The van der Waals surface area contributed by atoms with Gasteiger partial charge in [-0.3, -0.25) is 4.79 Å². The summed E-state index contributed by atoms with van der Waals surface area (Å²) >= 11 is 0. The maximum absolute atomic E-state index is 13.1. The predicted molar refractivity (Wildman–Crippen MR) is 309 cm³/mol. The second kappa shape index (κ2) is 54.5. The van der Waals surface area contributed by atoms with Gasteiger partial charge in [0.2, 0.25) is 5.91 Å². The highest BCUT2D eigenvalue weighted by molar-refractivity contribution is 5.76. The van der Waals surface area contributed by atoms with Crippen molar-refractivity contribution in [2.75, 3.05) is 13.2 Å². The summed E-state index contributed by atoms with van der Waals surface area (Å²) in [6.45, 7) is 3.90. The Morgan fingerprint density at radius 2 is 0.685 bits per heavy atom. The number of hydrogen-bond acceptors (Lipinski definition) is 8. The highest BCUT2D eigenvalue weighted by atomic mass is 16.7. The van der Waals surface area contributed by atoms with E-state index in [4.69, 9.17) is 9.47 Å². The summed E-state index contributed by atoms with van der Waals surface area (Å²) < 4.78 is 11.4. The Morgan fingerprint density at radius 3 is 0.973 bits per heavy atom. The molecule has 7 unspecified atom stereocenters. The monoisotopic (exact) mass is 1040 g/mol. The minimum Gasteiger partial charge on any atom is -0.394 e. The van der Waals surface area contributed by atoms with Gasteiger partial charge in [0.1, 0.15) is 24.4 Å². The minimum atomic E-state index is -1.55. The number of ether oxygens (including phenoxy) is 2. The minimum absolute atomic E-state index is 0.130. The Morgan fingerprint density at radius 1 is 0.411 bits per heavy atom. The third kappa shape index (κ3) is 43.8. The van der Waals surface area contributed by atoms with Crippen LogP contribution in [0.1, 0.15) is 348 Å². The molecule has 1 heterocycles. The fraction of sp³-hybridized carbons (Fsp3) is 0.984. The van der Waals surface area contributed by atoms with E-state index in [1.807, 2.05) is 0 Å². The average Bonchev–Trinajstić information content (AvgIpc) is 3.39. The third-order valence-corrected chi connectivity index (χ3v) is 16.2. The highest BCUT2D eigenvalue weighted by Crippen LogP contribution is 2.24. The molecule has 0 radical (unpaired) electrons. The van der Waals surface area contributed by atoms with Gasteiger partial charge in [0.25, 0.3) is 0 Å². The van der Waals surface area contributed by atoms with Crippen LogP contribution in [0.25, 0.3) is 0 Å². The van der Waals surface area contributed by atoms with Gasteiger partial charge < -0.3 is 40.3 Å². The molecule has 1 aliphatic rings. The maximum Gasteiger partial charge on any atom is 0.220 e. The SMILES string of the molecule is CCCCCCCCCCCCCCCCCCCCCCCCCCCCCCC(O)C(COC1OC(CO)C(O)C(O)C1O)NC(=O)CCCCCCCCCCCCCCCCCCCCCCCC. The number of hydrogen-bond donors (Lipinski definition) is 6. The number of carbonyl (C=O) groups is 1. The van der Waals surface area contributed by atoms with Crippen molar-refractivity contribution in [3.8, 4) is 0 Å². The number of unbranched alkanes of at least 4 members (excludes halogenated alkanes) is 48. The van der Waals surface area contributed by atoms with Crippen LogP contribution in [0.3, 0.4) is 0 Å². The van der Waals surface area contributed by atoms with E-state index in [2.05, 4.69) is 19.2 Å². The molecule has 73 heavy (non-hydrogen) atoms. The van der Waals surface area contributed by atoms with E-state index in [1.54, 1.807) is 0 Å². The summed E-state index contributed by atoms with van der Waals surface area (Å²) in [6, 6.07) is -0.714. The van der Waals surface area contributed by atoms with Gasteiger partial charge >= 0.3 is 0 Å². The summed E-state index contributed by atoms with van der Waals surface area (Å²) in [6.07, 6.45) is 60.1. The Balaban J connectivity index is 2.13. The lowest BCUT2D eigenvalue weighted by Gasteiger charge is -2.40. The van der Waals surface area contributed by atoms with Crippen LogP contribution in [-0.2, 0) is 14.3 Å². The quantitative estimate of drug-likeness (QED) is 0.0330. The van der Waals surface area contributed by atoms with Crippen molar-refractivity contribution in [2.45, 2.75) is 391 Å². The van der Waals surface area contributed by atoms with E-state index in [9.17, 15) is 30.3 Å². The summed E-state index contributed by atoms with van der Waals surface area (Å²) in [4.78, 5) is 13.1. The lowest BCUT2D eigenvalue weighted by molar-refractivity contribution is -0.302. The molecule has 1 amide bonds. The summed E-state index contributed by atoms with van der Waals surface area (Å²) in [5.74, 6) is -0.134. The summed E-state index contributed by atoms with van der Waals surface area (Å²) in [5, 5.41) is 54.9. The molecular weight excluding hydrogens is 911 g/mol. The smallest absolute Gasteiger partial charge is 0.220 e. The fourth-order valence-corrected chi connectivity index (χ4v) is 11.0. The molecule has 0 aliphatic carbocycles. The van der Waals surface area contributed by atoms with Crippen LogP contribution in [-0.4, -0.2) is 87.5 Å². The first-order chi connectivity index (χ1) is 35.8. The van der Waals surface area contributed by atoms with Crippen LogP contribution < -0.4 is 5.32 Å². The van der Waals surface area contributed by atoms with E-state index in [0.717, 1.165) is 38.5 Å². The largest absolute Gasteiger partial charge is 0.394 e. The fourth-order valence-electron chi connectivity index (χ4n) is 11.0. The highest BCUT2D eigenvalue weighted by Gasteiger charge is 2.44. The van der Waals surface area contributed by atoms with Crippen molar-refractivity contribution in [1.82, 2.24) is 5.32 Å². The van der Waals surface area contributed by atoms with Crippen LogP contribution >= 0.6 is 0 Å². The zero-order valence-electron chi connectivity index (χ0n) is 48.7. The molecule has 1 saturated heterocycles.